The normalized spacial score (nSPS) is 14.3. The molecule has 0 saturated carbocycles. The van der Waals surface area contributed by atoms with Crippen molar-refractivity contribution in [3.8, 4) is 0 Å². The van der Waals surface area contributed by atoms with Gasteiger partial charge in [-0.25, -0.2) is 9.37 Å². The monoisotopic (exact) mass is 398 g/mol. The Morgan fingerprint density at radius 1 is 1.07 bits per heavy atom. The number of nitrogens with zero attached hydrogens (tertiary/aromatic N) is 5. The summed E-state index contributed by atoms with van der Waals surface area (Å²) in [7, 11) is 0. The number of aromatic nitrogens is 3. The van der Waals surface area contributed by atoms with E-state index in [1.54, 1.807) is 41.8 Å². The fourth-order valence-corrected chi connectivity index (χ4v) is 4.10. The molecular formula is C19H19FN6OS. The molecule has 1 aliphatic heterocycles. The van der Waals surface area contributed by atoms with Gasteiger partial charge in [0.1, 0.15) is 16.6 Å². The minimum Gasteiger partial charge on any atom is -0.365 e. The molecular weight excluding hydrogens is 379 g/mol. The van der Waals surface area contributed by atoms with Crippen molar-refractivity contribution >= 4 is 28.2 Å². The molecule has 9 heteroatoms. The zero-order chi connectivity index (χ0) is 19.5. The molecule has 0 radical (unpaired) electrons. The average Bonchev–Trinajstić information content (AvgIpc) is 3.18. The molecule has 4 rings (SSSR count). The zero-order valence-corrected chi connectivity index (χ0v) is 15.9. The number of hydrogen-bond donors (Lipinski definition) is 1. The number of hydrogen-bond acceptors (Lipinski definition) is 7. The van der Waals surface area contributed by atoms with E-state index < -0.39 is 5.91 Å². The standard InChI is InChI=1S/C19H19FN6OS/c20-14-5-3-13(4-6-14)12-16-23-24-19(28-16)26-10-8-25(9-11-26)18-15(17(21)27)2-1-7-22-18/h1-7H,8-12H2,(H2,21,27). The maximum Gasteiger partial charge on any atom is 0.252 e. The molecule has 1 amide bonds. The number of rotatable bonds is 5. The molecule has 0 bridgehead atoms. The third kappa shape index (κ3) is 3.94. The number of benzene rings is 1. The number of nitrogens with two attached hydrogens (primary N) is 1. The number of carbonyl (C=O) groups is 1. The first-order chi connectivity index (χ1) is 13.6. The lowest BCUT2D eigenvalue weighted by molar-refractivity contribution is 0.100. The van der Waals surface area contributed by atoms with Crippen molar-refractivity contribution in [3.05, 3.63) is 64.5 Å². The van der Waals surface area contributed by atoms with E-state index in [1.165, 1.54) is 12.1 Å². The average molecular weight is 398 g/mol. The van der Waals surface area contributed by atoms with E-state index in [0.29, 0.717) is 30.9 Å². The van der Waals surface area contributed by atoms with Crippen molar-refractivity contribution in [1.29, 1.82) is 0 Å². The molecule has 3 heterocycles. The van der Waals surface area contributed by atoms with E-state index in [1.807, 2.05) is 0 Å². The maximum absolute atomic E-state index is 13.0. The lowest BCUT2D eigenvalue weighted by atomic mass is 10.2. The lowest BCUT2D eigenvalue weighted by Crippen LogP contribution is -2.47. The Balaban J connectivity index is 1.40. The molecule has 3 aromatic rings. The van der Waals surface area contributed by atoms with E-state index >= 15 is 0 Å². The van der Waals surface area contributed by atoms with Crippen molar-refractivity contribution in [2.75, 3.05) is 36.0 Å². The van der Waals surface area contributed by atoms with Crippen molar-refractivity contribution in [3.63, 3.8) is 0 Å². The molecule has 144 valence electrons. The highest BCUT2D eigenvalue weighted by Gasteiger charge is 2.23. The van der Waals surface area contributed by atoms with Crippen molar-refractivity contribution in [2.45, 2.75) is 6.42 Å². The Morgan fingerprint density at radius 2 is 1.79 bits per heavy atom. The SMILES string of the molecule is NC(=O)c1cccnc1N1CCN(c2nnc(Cc3ccc(F)cc3)s2)CC1. The molecule has 0 unspecified atom stereocenters. The number of anilines is 2. The summed E-state index contributed by atoms with van der Waals surface area (Å²) in [5.74, 6) is -0.0871. The van der Waals surface area contributed by atoms with E-state index in [0.717, 1.165) is 28.8 Å². The first-order valence-electron chi connectivity index (χ1n) is 8.91. The largest absolute Gasteiger partial charge is 0.365 e. The summed E-state index contributed by atoms with van der Waals surface area (Å²) < 4.78 is 13.0. The van der Waals surface area contributed by atoms with Crippen LogP contribution in [0.3, 0.4) is 0 Å². The Labute approximate surface area is 165 Å². The minimum absolute atomic E-state index is 0.244. The molecule has 1 aromatic carbocycles. The maximum atomic E-state index is 13.0. The van der Waals surface area contributed by atoms with Gasteiger partial charge in [-0.1, -0.05) is 23.5 Å². The van der Waals surface area contributed by atoms with Crippen molar-refractivity contribution in [2.24, 2.45) is 5.73 Å². The molecule has 1 saturated heterocycles. The molecule has 7 nitrogen and oxygen atoms in total. The third-order valence-corrected chi connectivity index (χ3v) is 5.61. The summed E-state index contributed by atoms with van der Waals surface area (Å²) in [5, 5.41) is 10.3. The number of halogens is 1. The fourth-order valence-electron chi connectivity index (χ4n) is 3.17. The summed E-state index contributed by atoms with van der Waals surface area (Å²) >= 11 is 1.55. The van der Waals surface area contributed by atoms with Crippen LogP contribution in [0.1, 0.15) is 20.9 Å². The Hall–Kier alpha value is -3.07. The van der Waals surface area contributed by atoms with Crippen LogP contribution in [0, 0.1) is 5.82 Å². The highest BCUT2D eigenvalue weighted by molar-refractivity contribution is 7.15. The van der Waals surface area contributed by atoms with Gasteiger partial charge < -0.3 is 15.5 Å². The summed E-state index contributed by atoms with van der Waals surface area (Å²) in [6.45, 7) is 2.92. The second-order valence-corrected chi connectivity index (χ2v) is 7.54. The van der Waals surface area contributed by atoms with Gasteiger partial charge in [-0.3, -0.25) is 4.79 Å². The predicted molar refractivity (Wildman–Crippen MR) is 106 cm³/mol. The van der Waals surface area contributed by atoms with Gasteiger partial charge in [-0.05, 0) is 29.8 Å². The Bertz CT molecular complexity index is 969. The predicted octanol–water partition coefficient (Wildman–Crippen LogP) is 2.09. The third-order valence-electron chi connectivity index (χ3n) is 4.63. The summed E-state index contributed by atoms with van der Waals surface area (Å²) in [5.41, 5.74) is 6.90. The topological polar surface area (TPSA) is 88.2 Å². The molecule has 1 fully saturated rings. The zero-order valence-electron chi connectivity index (χ0n) is 15.1. The minimum atomic E-state index is -0.472. The van der Waals surface area contributed by atoms with Gasteiger partial charge in [0.2, 0.25) is 5.13 Å². The van der Waals surface area contributed by atoms with Gasteiger partial charge in [-0.2, -0.15) is 0 Å². The molecule has 1 aliphatic rings. The van der Waals surface area contributed by atoms with E-state index in [4.69, 9.17) is 5.73 Å². The smallest absolute Gasteiger partial charge is 0.252 e. The first kappa shape index (κ1) is 18.3. The fraction of sp³-hybridized carbons (Fsp3) is 0.263. The van der Waals surface area contributed by atoms with Crippen LogP contribution >= 0.6 is 11.3 Å². The van der Waals surface area contributed by atoms with E-state index in [2.05, 4.69) is 25.0 Å². The molecule has 0 spiro atoms. The van der Waals surface area contributed by atoms with Gasteiger partial charge in [0.05, 0.1) is 5.56 Å². The number of carbonyl (C=O) groups excluding carboxylic acids is 1. The second kappa shape index (κ2) is 7.89. The van der Waals surface area contributed by atoms with Crippen molar-refractivity contribution < 1.29 is 9.18 Å². The molecule has 28 heavy (non-hydrogen) atoms. The highest BCUT2D eigenvalue weighted by Crippen LogP contribution is 2.25. The van der Waals surface area contributed by atoms with Crippen LogP contribution in [0.25, 0.3) is 0 Å². The second-order valence-electron chi connectivity index (χ2n) is 6.49. The number of amides is 1. The van der Waals surface area contributed by atoms with Gasteiger partial charge in [0.25, 0.3) is 5.91 Å². The van der Waals surface area contributed by atoms with Crippen LogP contribution in [-0.2, 0) is 6.42 Å². The van der Waals surface area contributed by atoms with Gasteiger partial charge in [-0.15, -0.1) is 10.2 Å². The molecule has 2 N–H and O–H groups in total. The first-order valence-corrected chi connectivity index (χ1v) is 9.73. The molecule has 0 atom stereocenters. The van der Waals surface area contributed by atoms with Crippen LogP contribution in [0.4, 0.5) is 15.3 Å². The Kier molecular flexibility index (Phi) is 5.16. The quantitative estimate of drug-likeness (QED) is 0.708. The van der Waals surface area contributed by atoms with Crippen LogP contribution in [0.15, 0.2) is 42.6 Å². The van der Waals surface area contributed by atoms with Crippen molar-refractivity contribution in [1.82, 2.24) is 15.2 Å². The summed E-state index contributed by atoms with van der Waals surface area (Å²) in [6.07, 6.45) is 2.30. The van der Waals surface area contributed by atoms with Crippen LogP contribution < -0.4 is 15.5 Å². The Morgan fingerprint density at radius 3 is 2.50 bits per heavy atom. The van der Waals surface area contributed by atoms with Gasteiger partial charge in [0, 0.05) is 38.8 Å². The molecule has 0 aliphatic carbocycles. The number of primary amides is 1. The van der Waals surface area contributed by atoms with E-state index in [9.17, 15) is 9.18 Å². The molecule has 2 aromatic heterocycles. The summed E-state index contributed by atoms with van der Waals surface area (Å²) in [6, 6.07) is 9.84. The van der Waals surface area contributed by atoms with Crippen LogP contribution in [0.2, 0.25) is 0 Å². The summed E-state index contributed by atoms with van der Waals surface area (Å²) in [4.78, 5) is 20.2. The number of pyridine rings is 1. The highest BCUT2D eigenvalue weighted by atomic mass is 32.1. The van der Waals surface area contributed by atoms with Crippen LogP contribution in [0.5, 0.6) is 0 Å². The van der Waals surface area contributed by atoms with E-state index in [-0.39, 0.29) is 5.82 Å². The lowest BCUT2D eigenvalue weighted by Gasteiger charge is -2.35. The van der Waals surface area contributed by atoms with Crippen LogP contribution in [-0.4, -0.2) is 47.3 Å². The van der Waals surface area contributed by atoms with Gasteiger partial charge >= 0.3 is 0 Å². The number of piperazine rings is 1. The van der Waals surface area contributed by atoms with Gasteiger partial charge in [0.15, 0.2) is 0 Å².